The Morgan fingerprint density at radius 2 is 2.31 bits per heavy atom. The smallest absolute Gasteiger partial charge is 0.200 e. The maximum atomic E-state index is 10.9. The molecule has 13 heavy (non-hydrogen) atoms. The van der Waals surface area contributed by atoms with E-state index in [-0.39, 0.29) is 17.4 Å². The fourth-order valence-electron chi connectivity index (χ4n) is 1.55. The van der Waals surface area contributed by atoms with Crippen LogP contribution in [0.3, 0.4) is 0 Å². The van der Waals surface area contributed by atoms with Crippen molar-refractivity contribution in [3.05, 3.63) is 12.4 Å². The van der Waals surface area contributed by atoms with E-state index in [2.05, 4.69) is 4.98 Å². The molecule has 0 saturated carbocycles. The third kappa shape index (κ3) is 1.67. The Balaban J connectivity index is 1.98. The van der Waals surface area contributed by atoms with Gasteiger partial charge in [-0.1, -0.05) is 0 Å². The highest BCUT2D eigenvalue weighted by atomic mass is 32.2. The average Bonchev–Trinajstić information content (AvgIpc) is 2.33. The Morgan fingerprint density at radius 1 is 1.62 bits per heavy atom. The summed E-state index contributed by atoms with van der Waals surface area (Å²) in [6.45, 7) is 0.658. The minimum atomic E-state index is -2.72. The normalized spacial score (nSPS) is 21.2. The summed E-state index contributed by atoms with van der Waals surface area (Å²) >= 11 is 0. The standard InChI is InChI=1S/C7H11N3O2S/c8-7-9-1-2-10(7)3-6-4-13(11,12)5-6/h1-2,6H,3-5H2,(H2,8,9). The molecule has 6 heteroatoms. The van der Waals surface area contributed by atoms with Crippen molar-refractivity contribution in [2.24, 2.45) is 5.92 Å². The van der Waals surface area contributed by atoms with Crippen LogP contribution in [-0.4, -0.2) is 29.5 Å². The van der Waals surface area contributed by atoms with Gasteiger partial charge in [0.05, 0.1) is 11.5 Å². The largest absolute Gasteiger partial charge is 0.369 e. The van der Waals surface area contributed by atoms with E-state index in [0.29, 0.717) is 12.5 Å². The Morgan fingerprint density at radius 3 is 2.77 bits per heavy atom. The first kappa shape index (κ1) is 8.55. The van der Waals surface area contributed by atoms with Crippen LogP contribution in [0.15, 0.2) is 12.4 Å². The number of hydrogen-bond donors (Lipinski definition) is 1. The number of nitrogen functional groups attached to an aromatic ring is 1. The quantitative estimate of drug-likeness (QED) is 0.700. The van der Waals surface area contributed by atoms with E-state index in [1.807, 2.05) is 0 Å². The molecular formula is C7H11N3O2S. The molecule has 1 fully saturated rings. The molecule has 0 radical (unpaired) electrons. The minimum Gasteiger partial charge on any atom is -0.369 e. The van der Waals surface area contributed by atoms with Crippen molar-refractivity contribution in [2.45, 2.75) is 6.54 Å². The van der Waals surface area contributed by atoms with Gasteiger partial charge in [0, 0.05) is 24.9 Å². The molecule has 0 aromatic carbocycles. The Labute approximate surface area is 76.5 Å². The number of anilines is 1. The van der Waals surface area contributed by atoms with Crippen LogP contribution in [-0.2, 0) is 16.4 Å². The Hall–Kier alpha value is -1.04. The van der Waals surface area contributed by atoms with Crippen LogP contribution in [0, 0.1) is 5.92 Å². The summed E-state index contributed by atoms with van der Waals surface area (Å²) in [5.74, 6) is 1.22. The van der Waals surface area contributed by atoms with Crippen molar-refractivity contribution in [1.29, 1.82) is 0 Å². The second-order valence-electron chi connectivity index (χ2n) is 3.38. The van der Waals surface area contributed by atoms with Gasteiger partial charge >= 0.3 is 0 Å². The summed E-state index contributed by atoms with van der Waals surface area (Å²) in [5.41, 5.74) is 5.54. The van der Waals surface area contributed by atoms with Gasteiger partial charge in [0.2, 0.25) is 0 Å². The van der Waals surface area contributed by atoms with E-state index in [4.69, 9.17) is 5.73 Å². The third-order valence-electron chi connectivity index (χ3n) is 2.18. The van der Waals surface area contributed by atoms with Gasteiger partial charge in [-0.15, -0.1) is 0 Å². The van der Waals surface area contributed by atoms with E-state index < -0.39 is 9.84 Å². The first-order valence-corrected chi connectivity index (χ1v) is 5.86. The fourth-order valence-corrected chi connectivity index (χ4v) is 3.10. The molecule has 0 atom stereocenters. The lowest BCUT2D eigenvalue weighted by molar-refractivity contribution is 0.469. The maximum Gasteiger partial charge on any atom is 0.200 e. The lowest BCUT2D eigenvalue weighted by Gasteiger charge is -2.25. The summed E-state index contributed by atoms with van der Waals surface area (Å²) in [6, 6.07) is 0. The van der Waals surface area contributed by atoms with E-state index in [1.54, 1.807) is 17.0 Å². The van der Waals surface area contributed by atoms with E-state index >= 15 is 0 Å². The highest BCUT2D eigenvalue weighted by molar-refractivity contribution is 7.92. The molecule has 2 rings (SSSR count). The molecule has 0 aliphatic carbocycles. The first-order chi connectivity index (χ1) is 6.07. The summed E-state index contributed by atoms with van der Waals surface area (Å²) < 4.78 is 23.5. The zero-order valence-corrected chi connectivity index (χ0v) is 7.87. The van der Waals surface area contributed by atoms with E-state index in [9.17, 15) is 8.42 Å². The molecule has 1 saturated heterocycles. The number of imidazole rings is 1. The van der Waals surface area contributed by atoms with Crippen molar-refractivity contribution in [3.8, 4) is 0 Å². The molecule has 1 aromatic rings. The Bertz CT molecular complexity index is 397. The number of hydrogen-bond acceptors (Lipinski definition) is 4. The molecule has 2 N–H and O–H groups in total. The molecule has 72 valence electrons. The zero-order chi connectivity index (χ0) is 9.47. The molecule has 0 bridgehead atoms. The zero-order valence-electron chi connectivity index (χ0n) is 7.05. The van der Waals surface area contributed by atoms with Gasteiger partial charge in [-0.05, 0) is 0 Å². The van der Waals surface area contributed by atoms with Crippen molar-refractivity contribution in [3.63, 3.8) is 0 Å². The number of rotatable bonds is 2. The van der Waals surface area contributed by atoms with Gasteiger partial charge in [-0.2, -0.15) is 0 Å². The molecule has 0 unspecified atom stereocenters. The van der Waals surface area contributed by atoms with Crippen molar-refractivity contribution in [1.82, 2.24) is 9.55 Å². The number of sulfone groups is 1. The highest BCUT2D eigenvalue weighted by Gasteiger charge is 2.33. The van der Waals surface area contributed by atoms with Crippen molar-refractivity contribution < 1.29 is 8.42 Å². The highest BCUT2D eigenvalue weighted by Crippen LogP contribution is 2.20. The predicted octanol–water partition coefficient (Wildman–Crippen LogP) is -0.490. The maximum absolute atomic E-state index is 10.9. The Kier molecular flexibility index (Phi) is 1.80. The topological polar surface area (TPSA) is 78.0 Å². The number of aromatic nitrogens is 2. The van der Waals surface area contributed by atoms with Crippen LogP contribution in [0.25, 0.3) is 0 Å². The first-order valence-electron chi connectivity index (χ1n) is 4.04. The summed E-state index contributed by atoms with van der Waals surface area (Å²) in [6.07, 6.45) is 3.38. The van der Waals surface area contributed by atoms with Gasteiger partial charge in [0.15, 0.2) is 15.8 Å². The second-order valence-corrected chi connectivity index (χ2v) is 5.53. The summed E-state index contributed by atoms with van der Waals surface area (Å²) in [5, 5.41) is 0. The van der Waals surface area contributed by atoms with Crippen LogP contribution in [0.1, 0.15) is 0 Å². The third-order valence-corrected chi connectivity index (χ3v) is 4.14. The molecule has 0 amide bonds. The van der Waals surface area contributed by atoms with Crippen LogP contribution in [0.4, 0.5) is 5.95 Å². The van der Waals surface area contributed by atoms with E-state index in [0.717, 1.165) is 0 Å². The molecule has 2 heterocycles. The monoisotopic (exact) mass is 201 g/mol. The molecule has 1 aliphatic rings. The molecule has 1 aliphatic heterocycles. The number of nitrogens with zero attached hydrogens (tertiary/aromatic N) is 2. The average molecular weight is 201 g/mol. The van der Waals surface area contributed by atoms with Crippen LogP contribution in [0.2, 0.25) is 0 Å². The summed E-state index contributed by atoms with van der Waals surface area (Å²) in [4.78, 5) is 3.86. The van der Waals surface area contributed by atoms with Gasteiger partial charge in [0.25, 0.3) is 0 Å². The lowest BCUT2D eigenvalue weighted by atomic mass is 10.2. The SMILES string of the molecule is Nc1nccn1CC1CS(=O)(=O)C1. The minimum absolute atomic E-state index is 0.210. The van der Waals surface area contributed by atoms with Gasteiger partial charge in [-0.3, -0.25) is 0 Å². The number of nitrogens with two attached hydrogens (primary N) is 1. The fraction of sp³-hybridized carbons (Fsp3) is 0.571. The van der Waals surface area contributed by atoms with Gasteiger partial charge < -0.3 is 10.3 Å². The second kappa shape index (κ2) is 2.73. The lowest BCUT2D eigenvalue weighted by Crippen LogP contribution is -2.38. The van der Waals surface area contributed by atoms with Gasteiger partial charge in [0.1, 0.15) is 0 Å². The molecule has 0 spiro atoms. The van der Waals surface area contributed by atoms with Crippen molar-refractivity contribution in [2.75, 3.05) is 17.2 Å². The van der Waals surface area contributed by atoms with Crippen LogP contribution >= 0.6 is 0 Å². The van der Waals surface area contributed by atoms with Crippen molar-refractivity contribution >= 4 is 15.8 Å². The van der Waals surface area contributed by atoms with Crippen LogP contribution in [0.5, 0.6) is 0 Å². The predicted molar refractivity (Wildman–Crippen MR) is 48.8 cm³/mol. The van der Waals surface area contributed by atoms with Crippen LogP contribution < -0.4 is 5.73 Å². The molecule has 5 nitrogen and oxygen atoms in total. The van der Waals surface area contributed by atoms with E-state index in [1.165, 1.54) is 0 Å². The molecular weight excluding hydrogens is 190 g/mol. The molecule has 1 aromatic heterocycles. The van der Waals surface area contributed by atoms with Gasteiger partial charge in [-0.25, -0.2) is 13.4 Å². The summed E-state index contributed by atoms with van der Waals surface area (Å²) in [7, 11) is -2.72.